The first-order valence-electron chi connectivity index (χ1n) is 9.31. The maximum Gasteiger partial charge on any atom is 0.416 e. The smallest absolute Gasteiger partial charge is 0.368 e. The van der Waals surface area contributed by atoms with Crippen LogP contribution < -0.4 is 26.8 Å². The number of nitrogens with zero attached hydrogens (tertiary/aromatic N) is 1. The molecule has 1 aromatic heterocycles. The van der Waals surface area contributed by atoms with E-state index >= 15 is 0 Å². The monoisotopic (exact) mass is 524 g/mol. The van der Waals surface area contributed by atoms with Gasteiger partial charge in [-0.15, -0.1) is 0 Å². The van der Waals surface area contributed by atoms with Crippen molar-refractivity contribution in [1.29, 1.82) is 5.41 Å². The number of pyridine rings is 1. The number of guanidine groups is 1. The van der Waals surface area contributed by atoms with E-state index in [4.69, 9.17) is 27.6 Å². The summed E-state index contributed by atoms with van der Waals surface area (Å²) in [6, 6.07) is 4.23. The Kier molecular flexibility index (Phi) is 8.52. The number of hydrogen-bond donors (Lipinski definition) is 5. The van der Waals surface area contributed by atoms with E-state index in [0.717, 1.165) is 16.7 Å². The highest BCUT2D eigenvalue weighted by Crippen LogP contribution is 2.33. The van der Waals surface area contributed by atoms with Crippen molar-refractivity contribution in [2.45, 2.75) is 24.5 Å². The zero-order valence-electron chi connectivity index (χ0n) is 17.5. The third kappa shape index (κ3) is 7.10. The van der Waals surface area contributed by atoms with Gasteiger partial charge in [-0.3, -0.25) is 24.6 Å². The molecule has 2 rings (SSSR count). The lowest BCUT2D eigenvalue weighted by Crippen LogP contribution is -2.37. The molecule has 6 N–H and O–H groups in total. The second-order valence-electron chi connectivity index (χ2n) is 6.74. The summed E-state index contributed by atoms with van der Waals surface area (Å²) in [6.07, 6.45) is -4.81. The van der Waals surface area contributed by atoms with Crippen molar-refractivity contribution in [3.05, 3.63) is 57.0 Å². The molecule has 0 saturated heterocycles. The van der Waals surface area contributed by atoms with Crippen LogP contribution in [0.4, 0.5) is 18.9 Å². The van der Waals surface area contributed by atoms with Gasteiger partial charge < -0.3 is 15.6 Å². The Labute approximate surface area is 196 Å². The van der Waals surface area contributed by atoms with Crippen molar-refractivity contribution >= 4 is 39.2 Å². The number of amides is 1. The molecule has 1 heterocycles. The Bertz CT molecular complexity index is 1250. The number of rotatable bonds is 9. The quantitative estimate of drug-likeness (QED) is 0.142. The molecule has 0 unspecified atom stereocenters. The second kappa shape index (κ2) is 10.8. The maximum absolute atomic E-state index is 13.0. The largest absolute Gasteiger partial charge is 0.416 e. The Morgan fingerprint density at radius 1 is 1.26 bits per heavy atom. The number of alkyl halides is 3. The molecule has 0 bridgehead atoms. The number of hydroxylamine groups is 1. The second-order valence-corrected chi connectivity index (χ2v) is 8.80. The molecule has 16 heteroatoms. The summed E-state index contributed by atoms with van der Waals surface area (Å²) in [6.45, 7) is 0.977. The number of benzene rings is 1. The molecule has 1 amide bonds. The fourth-order valence-corrected chi connectivity index (χ4v) is 4.18. The molecule has 186 valence electrons. The fraction of sp³-hybridized carbons (Fsp3) is 0.278. The average Bonchev–Trinajstić information content (AvgIpc) is 2.72. The fourth-order valence-electron chi connectivity index (χ4n) is 2.60. The summed E-state index contributed by atoms with van der Waals surface area (Å²) in [5.74, 6) is -1.04. The molecule has 0 atom stereocenters. The lowest BCUT2D eigenvalue weighted by molar-refractivity contribution is -0.137. The van der Waals surface area contributed by atoms with E-state index in [2.05, 4.69) is 10.8 Å². The van der Waals surface area contributed by atoms with E-state index in [9.17, 15) is 31.2 Å². The molecule has 0 fully saturated rings. The summed E-state index contributed by atoms with van der Waals surface area (Å²) < 4.78 is 67.2. The lowest BCUT2D eigenvalue weighted by atomic mass is 10.2. The summed E-state index contributed by atoms with van der Waals surface area (Å²) in [5, 5.41) is 8.87. The van der Waals surface area contributed by atoms with Crippen LogP contribution in [0.5, 0.6) is 0 Å². The summed E-state index contributed by atoms with van der Waals surface area (Å²) in [5.41, 5.74) is 4.75. The predicted octanol–water partition coefficient (Wildman–Crippen LogP) is 1.16. The van der Waals surface area contributed by atoms with Gasteiger partial charge in [0.2, 0.25) is 11.9 Å². The molecule has 0 saturated carbocycles. The van der Waals surface area contributed by atoms with Crippen LogP contribution in [0.15, 0.2) is 40.0 Å². The van der Waals surface area contributed by atoms with Crippen LogP contribution in [0.2, 0.25) is 5.02 Å². The van der Waals surface area contributed by atoms with Gasteiger partial charge in [-0.25, -0.2) is 13.9 Å². The number of nitrogens with one attached hydrogen (secondary N) is 4. The number of halogens is 4. The van der Waals surface area contributed by atoms with E-state index in [1.54, 1.807) is 0 Å². The van der Waals surface area contributed by atoms with Crippen molar-refractivity contribution in [3.8, 4) is 0 Å². The zero-order valence-corrected chi connectivity index (χ0v) is 19.1. The highest BCUT2D eigenvalue weighted by atomic mass is 35.5. The van der Waals surface area contributed by atoms with E-state index in [1.807, 2.05) is 4.72 Å². The minimum Gasteiger partial charge on any atom is -0.368 e. The normalized spacial score (nSPS) is 11.7. The van der Waals surface area contributed by atoms with Crippen molar-refractivity contribution in [2.75, 3.05) is 17.9 Å². The highest BCUT2D eigenvalue weighted by molar-refractivity contribution is 7.92. The molecule has 0 aliphatic heterocycles. The van der Waals surface area contributed by atoms with Gasteiger partial charge in [-0.2, -0.15) is 13.2 Å². The van der Waals surface area contributed by atoms with Gasteiger partial charge in [0.05, 0.1) is 17.2 Å². The van der Waals surface area contributed by atoms with Crippen molar-refractivity contribution in [3.63, 3.8) is 0 Å². The molecule has 2 aromatic rings. The van der Waals surface area contributed by atoms with Crippen LogP contribution in [0.1, 0.15) is 11.3 Å². The van der Waals surface area contributed by atoms with E-state index in [-0.39, 0.29) is 13.2 Å². The average molecular weight is 525 g/mol. The van der Waals surface area contributed by atoms with Crippen LogP contribution in [0, 0.1) is 12.3 Å². The zero-order chi connectivity index (χ0) is 25.7. The lowest BCUT2D eigenvalue weighted by Gasteiger charge is -2.15. The van der Waals surface area contributed by atoms with Gasteiger partial charge in [-0.1, -0.05) is 11.6 Å². The minimum atomic E-state index is -4.81. The molecule has 34 heavy (non-hydrogen) atoms. The molecule has 11 nitrogen and oxygen atoms in total. The summed E-state index contributed by atoms with van der Waals surface area (Å²) in [4.78, 5) is 28.8. The van der Waals surface area contributed by atoms with Gasteiger partial charge in [0, 0.05) is 12.2 Å². The minimum absolute atomic E-state index is 0.00722. The maximum atomic E-state index is 13.0. The van der Waals surface area contributed by atoms with Gasteiger partial charge in [-0.05, 0) is 37.3 Å². The molecule has 0 aliphatic carbocycles. The van der Waals surface area contributed by atoms with Crippen LogP contribution in [0.25, 0.3) is 0 Å². The topological polar surface area (TPSA) is 168 Å². The number of aryl methyl sites for hydroxylation is 1. The molecule has 0 spiro atoms. The number of nitrogens with two attached hydrogens (primary N) is 1. The Hall–Kier alpha value is -3.30. The van der Waals surface area contributed by atoms with E-state index in [0.29, 0.717) is 17.8 Å². The summed E-state index contributed by atoms with van der Waals surface area (Å²) >= 11 is 5.79. The van der Waals surface area contributed by atoms with Crippen molar-refractivity contribution in [2.24, 2.45) is 5.73 Å². The van der Waals surface area contributed by atoms with Crippen LogP contribution >= 0.6 is 11.6 Å². The van der Waals surface area contributed by atoms with E-state index in [1.165, 1.54) is 13.0 Å². The molecular formula is C18H20ClF3N6O5S. The Balaban J connectivity index is 2.22. The number of hydrogen-bond acceptors (Lipinski definition) is 6. The van der Waals surface area contributed by atoms with Gasteiger partial charge in [0.25, 0.3) is 15.6 Å². The molecule has 0 radical (unpaired) electrons. The number of carbonyl (C=O) groups excluding carboxylic acids is 1. The number of sulfonamides is 1. The highest BCUT2D eigenvalue weighted by Gasteiger charge is 2.33. The number of anilines is 1. The first-order chi connectivity index (χ1) is 15.7. The van der Waals surface area contributed by atoms with Crippen LogP contribution in [0.3, 0.4) is 0 Å². The standard InChI is InChI=1S/C18H20ClF3N6O5S/c1-10-2-5-13(16(30)28(10)9-15(29)25-6-7-33-26-17(23)24)27-34(31,32)14-8-11(18(20,21)22)3-4-12(14)19/h2-5,8,27H,6-7,9H2,1H3,(H,25,29)(H4,23,24,26). The summed E-state index contributed by atoms with van der Waals surface area (Å²) in [7, 11) is -4.68. The van der Waals surface area contributed by atoms with Gasteiger partial charge >= 0.3 is 6.18 Å². The Morgan fingerprint density at radius 2 is 1.94 bits per heavy atom. The number of aromatic nitrogens is 1. The van der Waals surface area contributed by atoms with Crippen molar-refractivity contribution < 1.29 is 31.2 Å². The van der Waals surface area contributed by atoms with Gasteiger partial charge in [0.15, 0.2) is 0 Å². The number of carbonyl (C=O) groups is 1. The molecule has 0 aliphatic rings. The molecular weight excluding hydrogens is 505 g/mol. The van der Waals surface area contributed by atoms with Crippen LogP contribution in [-0.4, -0.2) is 38.0 Å². The first-order valence-corrected chi connectivity index (χ1v) is 11.2. The predicted molar refractivity (Wildman–Crippen MR) is 117 cm³/mol. The first kappa shape index (κ1) is 26.9. The molecule has 1 aromatic carbocycles. The van der Waals surface area contributed by atoms with Crippen molar-refractivity contribution in [1.82, 2.24) is 15.4 Å². The van der Waals surface area contributed by atoms with E-state index < -0.39 is 61.3 Å². The van der Waals surface area contributed by atoms with Crippen LogP contribution in [-0.2, 0) is 32.4 Å². The third-order valence-corrected chi connectivity index (χ3v) is 6.04. The SMILES string of the molecule is Cc1ccc(NS(=O)(=O)c2cc(C(F)(F)F)ccc2Cl)c(=O)n1CC(=O)NCCONC(=N)N. The van der Waals surface area contributed by atoms with Gasteiger partial charge in [0.1, 0.15) is 17.1 Å². The third-order valence-electron chi connectivity index (χ3n) is 4.20. The Morgan fingerprint density at radius 3 is 2.56 bits per heavy atom.